The highest BCUT2D eigenvalue weighted by Crippen LogP contribution is 2.18. The minimum Gasteiger partial charge on any atom is -0.489 e. The largest absolute Gasteiger partial charge is 0.489 e. The third-order valence-corrected chi connectivity index (χ3v) is 5.96. The molecule has 0 saturated carbocycles. The molecule has 10 heteroatoms. The van der Waals surface area contributed by atoms with E-state index in [2.05, 4.69) is 5.32 Å². The number of nitrogens with one attached hydrogen (secondary N) is 1. The van der Waals surface area contributed by atoms with Crippen LogP contribution in [0.4, 0.5) is 10.5 Å². The van der Waals surface area contributed by atoms with Crippen LogP contribution in [0.3, 0.4) is 0 Å². The minimum absolute atomic E-state index is 0.213. The maximum Gasteiger partial charge on any atom is 0.326 e. The monoisotopic (exact) mass is 535 g/mol. The van der Waals surface area contributed by atoms with Crippen LogP contribution in [0.1, 0.15) is 17.5 Å². The Labute approximate surface area is 225 Å². The zero-order valence-electron chi connectivity index (χ0n) is 20.5. The summed E-state index contributed by atoms with van der Waals surface area (Å²) in [5.41, 5.74) is 8.10. The van der Waals surface area contributed by atoms with Crippen molar-refractivity contribution in [2.75, 3.05) is 11.9 Å². The van der Waals surface area contributed by atoms with Crippen molar-refractivity contribution in [3.63, 3.8) is 0 Å². The van der Waals surface area contributed by atoms with E-state index < -0.39 is 30.1 Å². The smallest absolute Gasteiger partial charge is 0.326 e. The molecule has 1 aliphatic heterocycles. The summed E-state index contributed by atoms with van der Waals surface area (Å²) in [6.45, 7) is 0.722. The lowest BCUT2D eigenvalue weighted by Gasteiger charge is -2.21. The second kappa shape index (κ2) is 13.9. The van der Waals surface area contributed by atoms with Crippen LogP contribution in [0.5, 0.6) is 5.75 Å². The summed E-state index contributed by atoms with van der Waals surface area (Å²) in [5, 5.41) is 20.4. The minimum atomic E-state index is -1.03. The second-order valence-corrected chi connectivity index (χ2v) is 9.17. The lowest BCUT2D eigenvalue weighted by atomic mass is 10.1. The van der Waals surface area contributed by atoms with Gasteiger partial charge in [-0.05, 0) is 41.8 Å². The Balaban J connectivity index is 0.000000212. The molecule has 2 amide bonds. The molecule has 198 valence electrons. The zero-order chi connectivity index (χ0) is 27.5. The number of carbonyl (C=O) groups excluding carboxylic acids is 1. The molecule has 0 radical (unpaired) electrons. The lowest BCUT2D eigenvalue weighted by molar-refractivity contribution is -0.141. The van der Waals surface area contributed by atoms with Crippen molar-refractivity contribution < 1.29 is 29.3 Å². The second-order valence-electron chi connectivity index (χ2n) is 8.59. The molecule has 0 aliphatic carbocycles. The van der Waals surface area contributed by atoms with Crippen LogP contribution in [0, 0.1) is 0 Å². The van der Waals surface area contributed by atoms with Gasteiger partial charge in [-0.15, -0.1) is 0 Å². The van der Waals surface area contributed by atoms with E-state index in [1.54, 1.807) is 24.3 Å². The van der Waals surface area contributed by atoms with Gasteiger partial charge < -0.3 is 30.9 Å². The first kappa shape index (κ1) is 28.3. The number of nitrogens with two attached hydrogens (primary N) is 1. The number of rotatable bonds is 8. The molecule has 1 saturated heterocycles. The Bertz CT molecular complexity index is 1240. The average molecular weight is 536 g/mol. The Morgan fingerprint density at radius 3 is 2.13 bits per heavy atom. The summed E-state index contributed by atoms with van der Waals surface area (Å²) in [6.07, 6.45) is 0.557. The van der Waals surface area contributed by atoms with Crippen molar-refractivity contribution >= 4 is 40.7 Å². The zero-order valence-corrected chi connectivity index (χ0v) is 21.3. The molecule has 4 rings (SSSR count). The van der Waals surface area contributed by atoms with Gasteiger partial charge in [-0.25, -0.2) is 9.59 Å². The van der Waals surface area contributed by atoms with E-state index in [9.17, 15) is 14.4 Å². The quantitative estimate of drug-likeness (QED) is 0.318. The SMILES string of the molecule is N[C@@H](Cc1ccc(OCc2ccccc2)cc1)C(=O)O.O=C(O)[C@@H]1CC(=S)CN1C(=O)Nc1ccccc1. The number of carbonyl (C=O) groups is 3. The number of amides is 2. The van der Waals surface area contributed by atoms with Crippen LogP contribution >= 0.6 is 12.2 Å². The van der Waals surface area contributed by atoms with E-state index in [0.29, 0.717) is 23.6 Å². The van der Waals surface area contributed by atoms with Gasteiger partial charge in [0.15, 0.2) is 0 Å². The number of benzene rings is 3. The fourth-order valence-corrected chi connectivity index (χ4v) is 3.94. The Hall–Kier alpha value is -4.28. The predicted octanol–water partition coefficient (Wildman–Crippen LogP) is 3.97. The van der Waals surface area contributed by atoms with Gasteiger partial charge in [0.1, 0.15) is 24.4 Å². The number of thiocarbonyl (C=S) groups is 1. The number of hydrogen-bond acceptors (Lipinski definition) is 6. The van der Waals surface area contributed by atoms with E-state index >= 15 is 0 Å². The third kappa shape index (κ3) is 8.68. The maximum absolute atomic E-state index is 12.0. The van der Waals surface area contributed by atoms with Gasteiger partial charge in [0.25, 0.3) is 0 Å². The predicted molar refractivity (Wildman–Crippen MR) is 147 cm³/mol. The number of anilines is 1. The van der Waals surface area contributed by atoms with Gasteiger partial charge in [0, 0.05) is 17.0 Å². The third-order valence-electron chi connectivity index (χ3n) is 5.66. The van der Waals surface area contributed by atoms with E-state index in [4.69, 9.17) is 32.9 Å². The van der Waals surface area contributed by atoms with E-state index in [-0.39, 0.29) is 13.0 Å². The standard InChI is InChI=1S/C16H17NO3.C12H12N2O3S/c17-15(16(18)19)10-12-6-8-14(9-7-12)20-11-13-4-2-1-3-5-13;15-11(16)10-6-9(18)7-14(10)12(17)13-8-4-2-1-3-5-8/h1-9,15H,10-11,17H2,(H,18,19);1-5,10H,6-7H2,(H,13,17)(H,15,16)/t15-;10-/m00/s1. The first-order valence-corrected chi connectivity index (χ1v) is 12.2. The van der Waals surface area contributed by atoms with Gasteiger partial charge in [0.2, 0.25) is 0 Å². The maximum atomic E-state index is 12.0. The Morgan fingerprint density at radius 1 is 0.947 bits per heavy atom. The molecule has 2 atom stereocenters. The van der Waals surface area contributed by atoms with Gasteiger partial charge in [-0.2, -0.15) is 0 Å². The molecule has 0 aromatic heterocycles. The molecule has 5 N–H and O–H groups in total. The molecule has 38 heavy (non-hydrogen) atoms. The molecule has 0 unspecified atom stereocenters. The van der Waals surface area contributed by atoms with Crippen LogP contribution in [0.15, 0.2) is 84.9 Å². The molecular formula is C28H29N3O6S. The number of likely N-dealkylation sites (tertiary alicyclic amines) is 1. The highest BCUT2D eigenvalue weighted by Gasteiger charge is 2.36. The van der Waals surface area contributed by atoms with E-state index in [1.807, 2.05) is 60.7 Å². The molecule has 1 aliphatic rings. The molecule has 3 aromatic rings. The highest BCUT2D eigenvalue weighted by atomic mass is 32.1. The van der Waals surface area contributed by atoms with Crippen molar-refractivity contribution in [1.29, 1.82) is 0 Å². The lowest BCUT2D eigenvalue weighted by Crippen LogP contribution is -2.42. The number of carboxylic acids is 2. The first-order valence-electron chi connectivity index (χ1n) is 11.8. The summed E-state index contributed by atoms with van der Waals surface area (Å²) in [4.78, 5) is 35.5. The molecule has 1 heterocycles. The van der Waals surface area contributed by atoms with Crippen molar-refractivity contribution in [2.45, 2.75) is 31.5 Å². The van der Waals surface area contributed by atoms with Crippen LogP contribution in [0.2, 0.25) is 0 Å². The van der Waals surface area contributed by atoms with E-state index in [0.717, 1.165) is 16.9 Å². The average Bonchev–Trinajstić information content (AvgIpc) is 3.32. The number of hydrogen-bond donors (Lipinski definition) is 4. The summed E-state index contributed by atoms with van der Waals surface area (Å²) in [5.74, 6) is -1.27. The molecule has 0 bridgehead atoms. The Morgan fingerprint density at radius 2 is 1.55 bits per heavy atom. The number of para-hydroxylation sites is 1. The van der Waals surface area contributed by atoms with Crippen molar-refractivity contribution in [3.8, 4) is 5.75 Å². The molecule has 9 nitrogen and oxygen atoms in total. The number of aliphatic carboxylic acids is 2. The number of carboxylic acid groups (broad SMARTS) is 2. The topological polar surface area (TPSA) is 142 Å². The van der Waals surface area contributed by atoms with Gasteiger partial charge in [-0.3, -0.25) is 4.79 Å². The fourth-order valence-electron chi connectivity index (χ4n) is 3.65. The van der Waals surface area contributed by atoms with Crippen LogP contribution in [-0.2, 0) is 22.6 Å². The summed E-state index contributed by atoms with van der Waals surface area (Å²) < 4.78 is 5.65. The number of ether oxygens (including phenoxy) is 1. The molecular weight excluding hydrogens is 506 g/mol. The Kier molecular flexibility index (Phi) is 10.3. The van der Waals surface area contributed by atoms with Crippen molar-refractivity contribution in [2.24, 2.45) is 5.73 Å². The summed E-state index contributed by atoms with van der Waals surface area (Å²) >= 11 is 4.99. The van der Waals surface area contributed by atoms with Gasteiger partial charge >= 0.3 is 18.0 Å². The van der Waals surface area contributed by atoms with Gasteiger partial charge in [-0.1, -0.05) is 72.9 Å². The van der Waals surface area contributed by atoms with E-state index in [1.165, 1.54) is 4.90 Å². The van der Waals surface area contributed by atoms with Crippen molar-refractivity contribution in [3.05, 3.63) is 96.1 Å². The number of urea groups is 1. The summed E-state index contributed by atoms with van der Waals surface area (Å²) in [7, 11) is 0. The molecule has 1 fully saturated rings. The van der Waals surface area contributed by atoms with Crippen molar-refractivity contribution in [1.82, 2.24) is 4.90 Å². The highest BCUT2D eigenvalue weighted by molar-refractivity contribution is 7.80. The number of nitrogens with zero attached hydrogens (tertiary/aromatic N) is 1. The molecule has 0 spiro atoms. The molecule has 3 aromatic carbocycles. The fraction of sp³-hybridized carbons (Fsp3) is 0.214. The van der Waals surface area contributed by atoms with Crippen LogP contribution in [-0.4, -0.2) is 56.6 Å². The van der Waals surface area contributed by atoms with Crippen LogP contribution in [0.25, 0.3) is 0 Å². The summed E-state index contributed by atoms with van der Waals surface area (Å²) in [6, 6.07) is 23.9. The normalized spacial score (nSPS) is 15.1. The first-order chi connectivity index (χ1) is 18.2. The van der Waals surface area contributed by atoms with Gasteiger partial charge in [0.05, 0.1) is 6.54 Å². The van der Waals surface area contributed by atoms with Crippen LogP contribution < -0.4 is 15.8 Å².